The van der Waals surface area contributed by atoms with E-state index in [1.165, 1.54) is 24.9 Å². The zero-order valence-corrected chi connectivity index (χ0v) is 20.8. The van der Waals surface area contributed by atoms with Gasteiger partial charge in [0.2, 0.25) is 0 Å². The molecule has 0 bridgehead atoms. The van der Waals surface area contributed by atoms with E-state index in [1.807, 2.05) is 42.5 Å². The lowest BCUT2D eigenvalue weighted by atomic mass is 9.57. The molecule has 2 aliphatic carbocycles. The summed E-state index contributed by atoms with van der Waals surface area (Å²) >= 11 is 0. The van der Waals surface area contributed by atoms with Crippen molar-refractivity contribution in [2.45, 2.75) is 63.8 Å². The minimum atomic E-state index is 0.0217. The van der Waals surface area contributed by atoms with E-state index in [1.54, 1.807) is 6.07 Å². The molecular weight excluding hydrogens is 420 g/mol. The molecule has 1 N–H and O–H groups in total. The minimum Gasteiger partial charge on any atom is -0.508 e. The van der Waals surface area contributed by atoms with Crippen LogP contribution in [0.5, 0.6) is 5.75 Å². The molecule has 2 aromatic carbocycles. The van der Waals surface area contributed by atoms with Crippen LogP contribution >= 0.6 is 0 Å². The first-order chi connectivity index (χ1) is 16.4. The normalized spacial score (nSPS) is 27.4. The van der Waals surface area contributed by atoms with Crippen LogP contribution in [0.25, 0.3) is 0 Å². The summed E-state index contributed by atoms with van der Waals surface area (Å²) in [5.74, 6) is 2.42. The van der Waals surface area contributed by atoms with E-state index >= 15 is 0 Å². The van der Waals surface area contributed by atoms with Gasteiger partial charge in [-0.05, 0) is 92.7 Å². The summed E-state index contributed by atoms with van der Waals surface area (Å²) in [4.78, 5) is 18.6. The van der Waals surface area contributed by atoms with Crippen molar-refractivity contribution in [2.75, 3.05) is 26.2 Å². The Morgan fingerprint density at radius 3 is 2.59 bits per heavy atom. The van der Waals surface area contributed by atoms with E-state index in [0.29, 0.717) is 17.6 Å². The van der Waals surface area contributed by atoms with Crippen LogP contribution in [0, 0.1) is 17.8 Å². The van der Waals surface area contributed by atoms with Crippen LogP contribution in [-0.4, -0.2) is 53.0 Å². The standard InChI is InChI=1S/C30H40N2O2/c1-22(2)19-32(29(34)24-7-4-3-5-8-24)27-14-13-26-21-31(20-23-11-12-23)16-15-30(26,18-27)25-9-6-10-28(33)17-25/h3-10,17,22-23,26-27,33H,11-16,18-21H2,1-2H3/t26?,27-,30?/m0/s1. The van der Waals surface area contributed by atoms with Crippen molar-refractivity contribution in [1.82, 2.24) is 9.80 Å². The second kappa shape index (κ2) is 9.73. The molecule has 2 unspecified atom stereocenters. The Morgan fingerprint density at radius 2 is 1.88 bits per heavy atom. The zero-order valence-electron chi connectivity index (χ0n) is 20.8. The molecule has 0 aromatic heterocycles. The van der Waals surface area contributed by atoms with E-state index in [9.17, 15) is 9.90 Å². The maximum Gasteiger partial charge on any atom is 0.254 e. The topological polar surface area (TPSA) is 43.8 Å². The highest BCUT2D eigenvalue weighted by atomic mass is 16.3. The number of nitrogens with zero attached hydrogens (tertiary/aromatic N) is 2. The van der Waals surface area contributed by atoms with Gasteiger partial charge in [-0.1, -0.05) is 44.2 Å². The van der Waals surface area contributed by atoms with Crippen LogP contribution in [0.1, 0.15) is 68.3 Å². The molecule has 4 nitrogen and oxygen atoms in total. The first kappa shape index (κ1) is 23.4. The Bertz CT molecular complexity index is 986. The maximum atomic E-state index is 13.7. The highest BCUT2D eigenvalue weighted by Gasteiger charge is 2.50. The van der Waals surface area contributed by atoms with Gasteiger partial charge in [0.05, 0.1) is 0 Å². The van der Waals surface area contributed by atoms with Gasteiger partial charge in [0.15, 0.2) is 0 Å². The van der Waals surface area contributed by atoms with Gasteiger partial charge in [0.25, 0.3) is 5.91 Å². The molecule has 0 radical (unpaired) electrons. The molecule has 2 aromatic rings. The van der Waals surface area contributed by atoms with Gasteiger partial charge in [-0.3, -0.25) is 4.79 Å². The summed E-state index contributed by atoms with van der Waals surface area (Å²) in [6, 6.07) is 18.0. The van der Waals surface area contributed by atoms with Gasteiger partial charge in [-0.25, -0.2) is 0 Å². The molecule has 4 heteroatoms. The van der Waals surface area contributed by atoms with Crippen LogP contribution < -0.4 is 0 Å². The summed E-state index contributed by atoms with van der Waals surface area (Å²) in [6.07, 6.45) is 7.09. The summed E-state index contributed by atoms with van der Waals surface area (Å²) < 4.78 is 0. The number of benzene rings is 2. The fraction of sp³-hybridized carbons (Fsp3) is 0.567. The summed E-state index contributed by atoms with van der Waals surface area (Å²) in [6.45, 7) is 8.72. The number of carbonyl (C=O) groups excluding carboxylic acids is 1. The Kier molecular flexibility index (Phi) is 6.70. The number of phenolic OH excluding ortho intramolecular Hbond substituents is 1. The number of amides is 1. The fourth-order valence-electron chi connectivity index (χ4n) is 6.64. The number of carbonyl (C=O) groups is 1. The summed E-state index contributed by atoms with van der Waals surface area (Å²) in [5.41, 5.74) is 2.08. The first-order valence-electron chi connectivity index (χ1n) is 13.3. The molecule has 1 amide bonds. The number of phenols is 1. The quantitative estimate of drug-likeness (QED) is 0.575. The maximum absolute atomic E-state index is 13.7. The molecule has 0 spiro atoms. The lowest BCUT2D eigenvalue weighted by molar-refractivity contribution is 0.00989. The molecule has 34 heavy (non-hydrogen) atoms. The third-order valence-corrected chi connectivity index (χ3v) is 8.50. The van der Waals surface area contributed by atoms with E-state index < -0.39 is 0 Å². The highest BCUT2D eigenvalue weighted by Crippen LogP contribution is 2.51. The van der Waals surface area contributed by atoms with E-state index in [-0.39, 0.29) is 17.4 Å². The molecule has 5 rings (SSSR count). The second-order valence-electron chi connectivity index (χ2n) is 11.5. The molecule has 2 saturated carbocycles. The Morgan fingerprint density at radius 1 is 1.09 bits per heavy atom. The number of hydrogen-bond acceptors (Lipinski definition) is 3. The number of piperidine rings is 1. The van der Waals surface area contributed by atoms with Gasteiger partial charge in [-0.2, -0.15) is 0 Å². The molecule has 3 atom stereocenters. The van der Waals surface area contributed by atoms with Gasteiger partial charge < -0.3 is 14.9 Å². The van der Waals surface area contributed by atoms with E-state index in [4.69, 9.17) is 0 Å². The predicted molar refractivity (Wildman–Crippen MR) is 137 cm³/mol. The monoisotopic (exact) mass is 460 g/mol. The van der Waals surface area contributed by atoms with Crippen molar-refractivity contribution in [3.05, 3.63) is 65.7 Å². The molecule has 1 saturated heterocycles. The van der Waals surface area contributed by atoms with Crippen molar-refractivity contribution in [2.24, 2.45) is 17.8 Å². The van der Waals surface area contributed by atoms with Gasteiger partial charge in [0, 0.05) is 36.7 Å². The van der Waals surface area contributed by atoms with Crippen molar-refractivity contribution < 1.29 is 9.90 Å². The molecular formula is C30H40N2O2. The molecule has 182 valence electrons. The molecule has 3 aliphatic rings. The summed E-state index contributed by atoms with van der Waals surface area (Å²) in [5, 5.41) is 10.4. The van der Waals surface area contributed by atoms with Crippen molar-refractivity contribution in [3.8, 4) is 5.75 Å². The Hall–Kier alpha value is -2.33. The third kappa shape index (κ3) is 4.88. The Balaban J connectivity index is 1.45. The van der Waals surface area contributed by atoms with Gasteiger partial charge in [0.1, 0.15) is 5.75 Å². The lowest BCUT2D eigenvalue weighted by Crippen LogP contribution is -2.57. The zero-order chi connectivity index (χ0) is 23.7. The molecule has 1 aliphatic heterocycles. The van der Waals surface area contributed by atoms with E-state index in [2.05, 4.69) is 29.7 Å². The smallest absolute Gasteiger partial charge is 0.254 e. The average molecular weight is 461 g/mol. The Labute approximate surface area is 205 Å². The first-order valence-corrected chi connectivity index (χ1v) is 13.3. The fourth-order valence-corrected chi connectivity index (χ4v) is 6.64. The van der Waals surface area contributed by atoms with Gasteiger partial charge in [-0.15, -0.1) is 0 Å². The van der Waals surface area contributed by atoms with Crippen LogP contribution in [0.2, 0.25) is 0 Å². The van der Waals surface area contributed by atoms with Crippen LogP contribution in [0.3, 0.4) is 0 Å². The summed E-state index contributed by atoms with van der Waals surface area (Å²) in [7, 11) is 0. The van der Waals surface area contributed by atoms with Crippen molar-refractivity contribution >= 4 is 5.91 Å². The number of rotatable bonds is 7. The number of likely N-dealkylation sites (tertiary alicyclic amines) is 1. The number of aromatic hydroxyl groups is 1. The van der Waals surface area contributed by atoms with Crippen LogP contribution in [0.15, 0.2) is 54.6 Å². The lowest BCUT2D eigenvalue weighted by Gasteiger charge is -2.54. The number of fused-ring (bicyclic) bond motifs is 1. The minimum absolute atomic E-state index is 0.0217. The highest BCUT2D eigenvalue weighted by molar-refractivity contribution is 5.94. The van der Waals surface area contributed by atoms with Crippen molar-refractivity contribution in [1.29, 1.82) is 0 Å². The molecule has 1 heterocycles. The van der Waals surface area contributed by atoms with Gasteiger partial charge >= 0.3 is 0 Å². The van der Waals surface area contributed by atoms with Crippen LogP contribution in [0.4, 0.5) is 0 Å². The SMILES string of the molecule is CC(C)CN(C(=O)c1ccccc1)[C@H]1CCC2CN(CC3CC3)CCC2(c2cccc(O)c2)C1. The average Bonchev–Trinajstić information content (AvgIpc) is 3.66. The predicted octanol–water partition coefficient (Wildman–Crippen LogP) is 5.71. The molecule has 3 fully saturated rings. The largest absolute Gasteiger partial charge is 0.508 e. The third-order valence-electron chi connectivity index (χ3n) is 8.50. The van der Waals surface area contributed by atoms with Crippen LogP contribution in [-0.2, 0) is 5.41 Å². The number of hydrogen-bond donors (Lipinski definition) is 1. The van der Waals surface area contributed by atoms with E-state index in [0.717, 1.165) is 56.8 Å². The second-order valence-corrected chi connectivity index (χ2v) is 11.5. The van der Waals surface area contributed by atoms with Crippen molar-refractivity contribution in [3.63, 3.8) is 0 Å².